The molecule has 4 nitrogen and oxygen atoms in total. The first-order valence-corrected chi connectivity index (χ1v) is 8.15. The lowest BCUT2D eigenvalue weighted by molar-refractivity contribution is 0.0892. The average molecular weight is 340 g/mol. The van der Waals surface area contributed by atoms with Gasteiger partial charge in [0.15, 0.2) is 11.6 Å². The van der Waals surface area contributed by atoms with E-state index in [9.17, 15) is 9.59 Å². The fourth-order valence-corrected chi connectivity index (χ4v) is 2.53. The van der Waals surface area contributed by atoms with Crippen LogP contribution in [0.25, 0.3) is 0 Å². The van der Waals surface area contributed by atoms with E-state index in [0.29, 0.717) is 22.6 Å². The molecule has 0 N–H and O–H groups in total. The largest absolute Gasteiger partial charge is 0.497 e. The van der Waals surface area contributed by atoms with Crippen LogP contribution in [0.4, 0.5) is 0 Å². The number of benzene rings is 2. The van der Waals surface area contributed by atoms with Crippen LogP contribution < -0.4 is 9.47 Å². The van der Waals surface area contributed by atoms with Crippen LogP contribution >= 0.6 is 0 Å². The summed E-state index contributed by atoms with van der Waals surface area (Å²) >= 11 is 0. The van der Waals surface area contributed by atoms with E-state index in [4.69, 9.17) is 9.47 Å². The summed E-state index contributed by atoms with van der Waals surface area (Å²) in [6, 6.07) is 12.4. The van der Waals surface area contributed by atoms with Crippen molar-refractivity contribution in [2.75, 3.05) is 14.2 Å². The SMILES string of the molecule is COc1ccc(C(=O)CC(=O)c2ccc(C(C)(C)C)cc2)c(OC)c1. The Labute approximate surface area is 148 Å². The van der Waals surface area contributed by atoms with E-state index in [1.54, 1.807) is 37.4 Å². The molecule has 0 bridgehead atoms. The minimum Gasteiger partial charge on any atom is -0.497 e. The number of hydrogen-bond donors (Lipinski definition) is 0. The van der Waals surface area contributed by atoms with Gasteiger partial charge in [-0.25, -0.2) is 0 Å². The van der Waals surface area contributed by atoms with Gasteiger partial charge in [0.25, 0.3) is 0 Å². The highest BCUT2D eigenvalue weighted by Crippen LogP contribution is 2.26. The van der Waals surface area contributed by atoms with Crippen LogP contribution in [0.5, 0.6) is 11.5 Å². The summed E-state index contributed by atoms with van der Waals surface area (Å²) in [5.74, 6) is 0.519. The summed E-state index contributed by atoms with van der Waals surface area (Å²) in [7, 11) is 3.03. The monoisotopic (exact) mass is 340 g/mol. The molecule has 0 heterocycles. The Bertz CT molecular complexity index is 767. The molecule has 0 atom stereocenters. The zero-order valence-electron chi connectivity index (χ0n) is 15.4. The molecule has 0 aromatic heterocycles. The number of carbonyl (C=O) groups is 2. The van der Waals surface area contributed by atoms with Gasteiger partial charge in [-0.05, 0) is 23.1 Å². The third-order valence-electron chi connectivity index (χ3n) is 4.10. The average Bonchev–Trinajstić information content (AvgIpc) is 2.60. The molecule has 2 rings (SSSR count). The first kappa shape index (κ1) is 18.7. The molecular formula is C21H24O4. The highest BCUT2D eigenvalue weighted by molar-refractivity contribution is 6.14. The number of carbonyl (C=O) groups excluding carboxylic acids is 2. The van der Waals surface area contributed by atoms with Crippen molar-refractivity contribution in [3.05, 3.63) is 59.2 Å². The van der Waals surface area contributed by atoms with E-state index in [-0.39, 0.29) is 23.4 Å². The van der Waals surface area contributed by atoms with E-state index in [2.05, 4.69) is 20.8 Å². The van der Waals surface area contributed by atoms with Crippen LogP contribution in [0.3, 0.4) is 0 Å². The molecule has 0 aliphatic heterocycles. The van der Waals surface area contributed by atoms with Crippen molar-refractivity contribution in [3.8, 4) is 11.5 Å². The molecular weight excluding hydrogens is 316 g/mol. The molecule has 0 amide bonds. The second-order valence-electron chi connectivity index (χ2n) is 6.92. The molecule has 2 aromatic carbocycles. The Balaban J connectivity index is 2.16. The van der Waals surface area contributed by atoms with Crippen LogP contribution in [0.15, 0.2) is 42.5 Å². The number of Topliss-reactive ketones (excluding diaryl/α,β-unsaturated/α-hetero) is 2. The summed E-state index contributed by atoms with van der Waals surface area (Å²) in [4.78, 5) is 24.9. The first-order valence-electron chi connectivity index (χ1n) is 8.15. The standard InChI is InChI=1S/C21H24O4/c1-21(2,3)15-8-6-14(7-9-15)18(22)13-19(23)17-11-10-16(24-4)12-20(17)25-5/h6-12H,13H2,1-5H3. The van der Waals surface area contributed by atoms with Gasteiger partial charge in [-0.1, -0.05) is 45.0 Å². The van der Waals surface area contributed by atoms with E-state index >= 15 is 0 Å². The number of ether oxygens (including phenoxy) is 2. The quantitative estimate of drug-likeness (QED) is 0.575. The third kappa shape index (κ3) is 4.47. The van der Waals surface area contributed by atoms with Crippen molar-refractivity contribution in [1.82, 2.24) is 0 Å². The van der Waals surface area contributed by atoms with Gasteiger partial charge in [-0.3, -0.25) is 9.59 Å². The van der Waals surface area contributed by atoms with Gasteiger partial charge in [0.1, 0.15) is 11.5 Å². The van der Waals surface area contributed by atoms with Crippen LogP contribution in [-0.4, -0.2) is 25.8 Å². The molecule has 0 spiro atoms. The van der Waals surface area contributed by atoms with Gasteiger partial charge < -0.3 is 9.47 Å². The van der Waals surface area contributed by atoms with Crippen LogP contribution in [0, 0.1) is 0 Å². The maximum atomic E-state index is 12.5. The molecule has 0 aliphatic rings. The number of rotatable bonds is 6. The van der Waals surface area contributed by atoms with Crippen molar-refractivity contribution >= 4 is 11.6 Å². The molecule has 2 aromatic rings. The van der Waals surface area contributed by atoms with E-state index < -0.39 is 0 Å². The maximum absolute atomic E-state index is 12.5. The van der Waals surface area contributed by atoms with Crippen LogP contribution in [-0.2, 0) is 5.41 Å². The Morgan fingerprint density at radius 1 is 0.880 bits per heavy atom. The molecule has 0 saturated heterocycles. The topological polar surface area (TPSA) is 52.6 Å². The summed E-state index contributed by atoms with van der Waals surface area (Å²) in [6.07, 6.45) is -0.197. The molecule has 0 saturated carbocycles. The van der Waals surface area contributed by atoms with Crippen molar-refractivity contribution in [2.45, 2.75) is 32.6 Å². The zero-order chi connectivity index (χ0) is 18.6. The van der Waals surface area contributed by atoms with Crippen molar-refractivity contribution in [3.63, 3.8) is 0 Å². The lowest BCUT2D eigenvalue weighted by Gasteiger charge is -2.19. The molecule has 4 heteroatoms. The van der Waals surface area contributed by atoms with Crippen LogP contribution in [0.2, 0.25) is 0 Å². The first-order chi connectivity index (χ1) is 11.8. The molecule has 0 unspecified atom stereocenters. The van der Waals surface area contributed by atoms with Crippen molar-refractivity contribution in [1.29, 1.82) is 0 Å². The van der Waals surface area contributed by atoms with E-state index in [1.807, 2.05) is 12.1 Å². The smallest absolute Gasteiger partial charge is 0.174 e. The fourth-order valence-electron chi connectivity index (χ4n) is 2.53. The zero-order valence-corrected chi connectivity index (χ0v) is 15.4. The lowest BCUT2D eigenvalue weighted by Crippen LogP contribution is -2.12. The highest BCUT2D eigenvalue weighted by Gasteiger charge is 2.19. The second-order valence-corrected chi connectivity index (χ2v) is 6.92. The third-order valence-corrected chi connectivity index (χ3v) is 4.10. The molecule has 0 radical (unpaired) electrons. The Morgan fingerprint density at radius 3 is 2.04 bits per heavy atom. The van der Waals surface area contributed by atoms with Gasteiger partial charge in [-0.15, -0.1) is 0 Å². The molecule has 25 heavy (non-hydrogen) atoms. The predicted molar refractivity (Wildman–Crippen MR) is 98.0 cm³/mol. The summed E-state index contributed by atoms with van der Waals surface area (Å²) in [5.41, 5.74) is 2.08. The fraction of sp³-hybridized carbons (Fsp3) is 0.333. The molecule has 0 aliphatic carbocycles. The summed E-state index contributed by atoms with van der Waals surface area (Å²) in [5, 5.41) is 0. The number of methoxy groups -OCH3 is 2. The van der Waals surface area contributed by atoms with E-state index in [1.165, 1.54) is 7.11 Å². The maximum Gasteiger partial charge on any atom is 0.174 e. The normalized spacial score (nSPS) is 11.1. The predicted octanol–water partition coefficient (Wildman–Crippen LogP) is 4.46. The lowest BCUT2D eigenvalue weighted by atomic mass is 9.86. The van der Waals surface area contributed by atoms with Gasteiger partial charge in [0.05, 0.1) is 26.2 Å². The highest BCUT2D eigenvalue weighted by atomic mass is 16.5. The van der Waals surface area contributed by atoms with Crippen LogP contribution in [0.1, 0.15) is 53.5 Å². The number of hydrogen-bond acceptors (Lipinski definition) is 4. The minimum absolute atomic E-state index is 0.0217. The molecule has 0 fully saturated rings. The van der Waals surface area contributed by atoms with Gasteiger partial charge >= 0.3 is 0 Å². The van der Waals surface area contributed by atoms with Crippen molar-refractivity contribution in [2.24, 2.45) is 0 Å². The second kappa shape index (κ2) is 7.51. The van der Waals surface area contributed by atoms with E-state index in [0.717, 1.165) is 5.56 Å². The van der Waals surface area contributed by atoms with Crippen molar-refractivity contribution < 1.29 is 19.1 Å². The summed E-state index contributed by atoms with van der Waals surface area (Å²) in [6.45, 7) is 6.34. The minimum atomic E-state index is -0.274. The Hall–Kier alpha value is -2.62. The van der Waals surface area contributed by atoms with Gasteiger partial charge in [-0.2, -0.15) is 0 Å². The van der Waals surface area contributed by atoms with Gasteiger partial charge in [0.2, 0.25) is 0 Å². The van der Waals surface area contributed by atoms with Gasteiger partial charge in [0, 0.05) is 11.6 Å². The number of ketones is 2. The Kier molecular flexibility index (Phi) is 5.62. The summed E-state index contributed by atoms with van der Waals surface area (Å²) < 4.78 is 10.4. The Morgan fingerprint density at radius 2 is 1.52 bits per heavy atom. The molecule has 132 valence electrons.